The number of hydrogen-bond donors (Lipinski definition) is 2. The quantitative estimate of drug-likeness (QED) is 0.729. The second-order valence-electron chi connectivity index (χ2n) is 3.82. The van der Waals surface area contributed by atoms with E-state index in [0.717, 1.165) is 0 Å². The van der Waals surface area contributed by atoms with E-state index in [1.807, 2.05) is 13.8 Å². The van der Waals surface area contributed by atoms with Crippen molar-refractivity contribution in [1.82, 2.24) is 10.6 Å². The molecule has 88 valence electrons. The normalized spacial score (nSPS) is 10.4. The maximum atomic E-state index is 10.8. The van der Waals surface area contributed by atoms with Crippen LogP contribution >= 0.6 is 0 Å². The summed E-state index contributed by atoms with van der Waals surface area (Å²) in [5.74, 6) is 0. The molecule has 0 heterocycles. The second kappa shape index (κ2) is 6.10. The fourth-order valence-corrected chi connectivity index (χ4v) is 0.708. The van der Waals surface area contributed by atoms with Crippen molar-refractivity contribution in [3.63, 3.8) is 0 Å². The minimum Gasteiger partial charge on any atom is -0.449 e. The van der Waals surface area contributed by atoms with Gasteiger partial charge in [-0.25, -0.2) is 9.59 Å². The van der Waals surface area contributed by atoms with Crippen LogP contribution < -0.4 is 10.6 Å². The monoisotopic (exact) mass is 218 g/mol. The second-order valence-corrected chi connectivity index (χ2v) is 3.82. The van der Waals surface area contributed by atoms with Gasteiger partial charge in [0.25, 0.3) is 0 Å². The smallest absolute Gasteiger partial charge is 0.406 e. The fourth-order valence-electron chi connectivity index (χ4n) is 0.708. The molecule has 0 aromatic rings. The van der Waals surface area contributed by atoms with E-state index in [9.17, 15) is 9.59 Å². The van der Waals surface area contributed by atoms with E-state index in [1.165, 1.54) is 14.1 Å². The van der Waals surface area contributed by atoms with Crippen LogP contribution in [-0.2, 0) is 9.47 Å². The Kier molecular flexibility index (Phi) is 5.51. The molecule has 15 heavy (non-hydrogen) atoms. The van der Waals surface area contributed by atoms with Crippen molar-refractivity contribution in [2.24, 2.45) is 5.41 Å². The highest BCUT2D eigenvalue weighted by molar-refractivity contribution is 5.67. The first-order valence-electron chi connectivity index (χ1n) is 4.60. The van der Waals surface area contributed by atoms with Crippen LogP contribution in [0.1, 0.15) is 13.8 Å². The first kappa shape index (κ1) is 13.5. The molecule has 0 rings (SSSR count). The van der Waals surface area contributed by atoms with Crippen LogP contribution in [0.3, 0.4) is 0 Å². The summed E-state index contributed by atoms with van der Waals surface area (Å²) in [6.07, 6.45) is -0.994. The average Bonchev–Trinajstić information content (AvgIpc) is 2.22. The van der Waals surface area contributed by atoms with Crippen LogP contribution in [-0.4, -0.2) is 39.5 Å². The van der Waals surface area contributed by atoms with Crippen LogP contribution in [0.2, 0.25) is 0 Å². The Labute approximate surface area is 89.3 Å². The van der Waals surface area contributed by atoms with Crippen molar-refractivity contribution in [1.29, 1.82) is 0 Å². The van der Waals surface area contributed by atoms with Gasteiger partial charge in [-0.2, -0.15) is 0 Å². The highest BCUT2D eigenvalue weighted by atomic mass is 16.6. The predicted molar refractivity (Wildman–Crippen MR) is 54.6 cm³/mol. The van der Waals surface area contributed by atoms with Gasteiger partial charge in [0.2, 0.25) is 0 Å². The Morgan fingerprint density at radius 2 is 1.33 bits per heavy atom. The third-order valence-electron chi connectivity index (χ3n) is 1.60. The lowest BCUT2D eigenvalue weighted by Crippen LogP contribution is -2.32. The lowest BCUT2D eigenvalue weighted by molar-refractivity contribution is 0.0479. The van der Waals surface area contributed by atoms with Crippen molar-refractivity contribution in [2.45, 2.75) is 13.8 Å². The molecule has 0 atom stereocenters. The lowest BCUT2D eigenvalue weighted by atomic mass is 9.96. The van der Waals surface area contributed by atoms with E-state index in [2.05, 4.69) is 10.6 Å². The number of amides is 2. The van der Waals surface area contributed by atoms with Gasteiger partial charge in [-0.1, -0.05) is 13.8 Å². The largest absolute Gasteiger partial charge is 0.449 e. The molecule has 0 bridgehead atoms. The molecule has 0 aromatic heterocycles. The molecule has 6 heteroatoms. The van der Waals surface area contributed by atoms with E-state index in [1.54, 1.807) is 0 Å². The Balaban J connectivity index is 3.86. The maximum absolute atomic E-state index is 10.8. The van der Waals surface area contributed by atoms with Gasteiger partial charge in [-0.05, 0) is 0 Å². The molecule has 0 saturated heterocycles. The average molecular weight is 218 g/mol. The third-order valence-corrected chi connectivity index (χ3v) is 1.60. The van der Waals surface area contributed by atoms with Gasteiger partial charge in [0.05, 0.1) is 0 Å². The van der Waals surface area contributed by atoms with Gasteiger partial charge in [0.1, 0.15) is 13.2 Å². The summed E-state index contributed by atoms with van der Waals surface area (Å²) in [5, 5.41) is 4.66. The Morgan fingerprint density at radius 3 is 1.60 bits per heavy atom. The summed E-state index contributed by atoms with van der Waals surface area (Å²) >= 11 is 0. The van der Waals surface area contributed by atoms with Gasteiger partial charge >= 0.3 is 12.2 Å². The lowest BCUT2D eigenvalue weighted by Gasteiger charge is -2.23. The molecule has 0 aliphatic rings. The Bertz CT molecular complexity index is 206. The Hall–Kier alpha value is -1.46. The van der Waals surface area contributed by atoms with Gasteiger partial charge in [-0.3, -0.25) is 0 Å². The van der Waals surface area contributed by atoms with E-state index in [-0.39, 0.29) is 13.2 Å². The Morgan fingerprint density at radius 1 is 1.00 bits per heavy atom. The molecule has 0 fully saturated rings. The number of ether oxygens (including phenoxy) is 2. The number of alkyl carbamates (subject to hydrolysis) is 2. The standard InChI is InChI=1S/C9H18N2O4/c1-9(2,5-14-7(12)10-3)6-15-8(13)11-4/h5-6H2,1-4H3,(H,10,12)(H,11,13). The molecular formula is C9H18N2O4. The number of rotatable bonds is 4. The number of carbonyl (C=O) groups is 2. The molecule has 0 aliphatic carbocycles. The first-order chi connectivity index (χ1) is 6.91. The molecule has 0 saturated carbocycles. The molecule has 2 N–H and O–H groups in total. The molecule has 0 unspecified atom stereocenters. The van der Waals surface area contributed by atoms with Crippen molar-refractivity contribution in [3.05, 3.63) is 0 Å². The van der Waals surface area contributed by atoms with Crippen LogP contribution in [0.5, 0.6) is 0 Å². The van der Waals surface area contributed by atoms with Crippen molar-refractivity contribution in [2.75, 3.05) is 27.3 Å². The zero-order chi connectivity index (χ0) is 11.9. The third kappa shape index (κ3) is 6.59. The minimum absolute atomic E-state index is 0.184. The summed E-state index contributed by atoms with van der Waals surface area (Å²) in [6.45, 7) is 4.03. The van der Waals surface area contributed by atoms with Crippen molar-refractivity contribution in [3.8, 4) is 0 Å². The van der Waals surface area contributed by atoms with Gasteiger partial charge < -0.3 is 20.1 Å². The molecule has 0 aromatic carbocycles. The van der Waals surface area contributed by atoms with Crippen LogP contribution in [0, 0.1) is 5.41 Å². The molecule has 0 radical (unpaired) electrons. The fraction of sp³-hybridized carbons (Fsp3) is 0.778. The molecule has 0 aliphatic heterocycles. The first-order valence-corrected chi connectivity index (χ1v) is 4.60. The van der Waals surface area contributed by atoms with Gasteiger partial charge in [-0.15, -0.1) is 0 Å². The van der Waals surface area contributed by atoms with Crippen molar-refractivity contribution < 1.29 is 19.1 Å². The highest BCUT2D eigenvalue weighted by Crippen LogP contribution is 2.15. The van der Waals surface area contributed by atoms with Gasteiger partial charge in [0, 0.05) is 19.5 Å². The number of carbonyl (C=O) groups excluding carboxylic acids is 2. The van der Waals surface area contributed by atoms with E-state index >= 15 is 0 Å². The van der Waals surface area contributed by atoms with E-state index in [0.29, 0.717) is 0 Å². The summed E-state index contributed by atoms with van der Waals surface area (Å²) in [6, 6.07) is 0. The summed E-state index contributed by atoms with van der Waals surface area (Å²) in [4.78, 5) is 21.6. The van der Waals surface area contributed by atoms with Crippen LogP contribution in [0.25, 0.3) is 0 Å². The SMILES string of the molecule is CNC(=O)OCC(C)(C)COC(=O)NC. The van der Waals surface area contributed by atoms with Crippen LogP contribution in [0.4, 0.5) is 9.59 Å². The topological polar surface area (TPSA) is 76.7 Å². The van der Waals surface area contributed by atoms with E-state index < -0.39 is 17.6 Å². The molecule has 2 amide bonds. The van der Waals surface area contributed by atoms with Gasteiger partial charge in [0.15, 0.2) is 0 Å². The number of nitrogens with one attached hydrogen (secondary N) is 2. The minimum atomic E-state index is -0.497. The van der Waals surface area contributed by atoms with Crippen LogP contribution in [0.15, 0.2) is 0 Å². The maximum Gasteiger partial charge on any atom is 0.406 e. The molecule has 6 nitrogen and oxygen atoms in total. The molecule has 0 spiro atoms. The summed E-state index contributed by atoms with van der Waals surface area (Å²) in [5.41, 5.74) is -0.404. The zero-order valence-corrected chi connectivity index (χ0v) is 9.55. The summed E-state index contributed by atoms with van der Waals surface area (Å²) in [7, 11) is 2.97. The summed E-state index contributed by atoms with van der Waals surface area (Å²) < 4.78 is 9.72. The zero-order valence-electron chi connectivity index (χ0n) is 9.55. The number of hydrogen-bond acceptors (Lipinski definition) is 4. The predicted octanol–water partition coefficient (Wildman–Crippen LogP) is 0.725. The van der Waals surface area contributed by atoms with E-state index in [4.69, 9.17) is 9.47 Å². The highest BCUT2D eigenvalue weighted by Gasteiger charge is 2.22. The van der Waals surface area contributed by atoms with Crippen molar-refractivity contribution >= 4 is 12.2 Å². The molecular weight excluding hydrogens is 200 g/mol.